The fourth-order valence-corrected chi connectivity index (χ4v) is 2.56. The molecular formula is C16H10N2O7. The summed E-state index contributed by atoms with van der Waals surface area (Å²) < 4.78 is 4.97. The third kappa shape index (κ3) is 2.63. The van der Waals surface area contributed by atoms with Gasteiger partial charge >= 0.3 is 17.6 Å². The molecule has 25 heavy (non-hydrogen) atoms. The van der Waals surface area contributed by atoms with Crippen molar-refractivity contribution in [2.24, 2.45) is 0 Å². The number of nitrogen functional groups attached to an aromatic ring is 1. The molecule has 0 fully saturated rings. The Morgan fingerprint density at radius 2 is 1.68 bits per heavy atom. The van der Waals surface area contributed by atoms with Crippen LogP contribution in [0.25, 0.3) is 22.1 Å². The fourth-order valence-electron chi connectivity index (χ4n) is 2.56. The second-order valence-corrected chi connectivity index (χ2v) is 5.11. The normalized spacial score (nSPS) is 10.7. The first-order valence-corrected chi connectivity index (χ1v) is 6.86. The lowest BCUT2D eigenvalue weighted by Crippen LogP contribution is -2.24. The highest BCUT2D eigenvalue weighted by Crippen LogP contribution is 2.31. The number of H-pyrrole nitrogens is 1. The van der Waals surface area contributed by atoms with E-state index in [-0.39, 0.29) is 16.7 Å². The van der Waals surface area contributed by atoms with Gasteiger partial charge in [0.25, 0.3) is 5.56 Å². The Morgan fingerprint density at radius 1 is 1.00 bits per heavy atom. The molecule has 0 aliphatic rings. The molecule has 3 aromatic rings. The Balaban J connectivity index is 2.45. The number of carbonyl (C=O) groups is 2. The molecule has 0 aliphatic carbocycles. The van der Waals surface area contributed by atoms with Crippen molar-refractivity contribution in [2.75, 3.05) is 5.73 Å². The summed E-state index contributed by atoms with van der Waals surface area (Å²) in [5.41, 5.74) is 2.73. The van der Waals surface area contributed by atoms with Crippen LogP contribution in [0.2, 0.25) is 0 Å². The van der Waals surface area contributed by atoms with Gasteiger partial charge in [-0.15, -0.1) is 0 Å². The van der Waals surface area contributed by atoms with Crippen molar-refractivity contribution in [2.45, 2.75) is 0 Å². The SMILES string of the molecule is Nc1[nH]c(=O)c(C(=O)O)c(-c2ccc3oc(=O)ccc3c2)c1C(=O)O. The molecule has 3 rings (SSSR count). The van der Waals surface area contributed by atoms with Crippen molar-refractivity contribution >= 4 is 28.7 Å². The van der Waals surface area contributed by atoms with Gasteiger partial charge in [-0.3, -0.25) is 4.79 Å². The summed E-state index contributed by atoms with van der Waals surface area (Å²) in [4.78, 5) is 48.3. The van der Waals surface area contributed by atoms with Crippen LogP contribution in [-0.2, 0) is 0 Å². The maximum Gasteiger partial charge on any atom is 0.342 e. The maximum atomic E-state index is 12.0. The maximum absolute atomic E-state index is 12.0. The number of carboxylic acid groups (broad SMARTS) is 2. The Labute approximate surface area is 137 Å². The average molecular weight is 342 g/mol. The van der Waals surface area contributed by atoms with Gasteiger partial charge in [-0.2, -0.15) is 0 Å². The monoisotopic (exact) mass is 342 g/mol. The molecule has 0 amide bonds. The zero-order valence-electron chi connectivity index (χ0n) is 12.4. The van der Waals surface area contributed by atoms with E-state index in [1.54, 1.807) is 0 Å². The number of nitrogens with one attached hydrogen (secondary N) is 1. The average Bonchev–Trinajstić information content (AvgIpc) is 2.52. The molecule has 2 aromatic heterocycles. The number of hydrogen-bond acceptors (Lipinski definition) is 6. The molecule has 0 unspecified atom stereocenters. The van der Waals surface area contributed by atoms with E-state index in [2.05, 4.69) is 0 Å². The fraction of sp³-hybridized carbons (Fsp3) is 0. The number of nitrogens with two attached hydrogens (primary N) is 1. The van der Waals surface area contributed by atoms with Gasteiger partial charge in [0.2, 0.25) is 0 Å². The van der Waals surface area contributed by atoms with E-state index in [1.165, 1.54) is 24.3 Å². The molecule has 126 valence electrons. The number of benzene rings is 1. The smallest absolute Gasteiger partial charge is 0.342 e. The van der Waals surface area contributed by atoms with Crippen molar-refractivity contribution in [3.05, 3.63) is 62.2 Å². The first-order valence-electron chi connectivity index (χ1n) is 6.86. The summed E-state index contributed by atoms with van der Waals surface area (Å²) in [6, 6.07) is 6.72. The van der Waals surface area contributed by atoms with Gasteiger partial charge in [0.15, 0.2) is 0 Å². The molecule has 0 spiro atoms. The third-order valence-electron chi connectivity index (χ3n) is 3.58. The van der Waals surface area contributed by atoms with Gasteiger partial charge in [-0.05, 0) is 23.8 Å². The lowest BCUT2D eigenvalue weighted by Gasteiger charge is -2.12. The number of pyridine rings is 1. The molecular weight excluding hydrogens is 332 g/mol. The third-order valence-corrected chi connectivity index (χ3v) is 3.58. The molecule has 0 saturated heterocycles. The summed E-state index contributed by atoms with van der Waals surface area (Å²) in [6.45, 7) is 0. The van der Waals surface area contributed by atoms with E-state index in [9.17, 15) is 29.4 Å². The minimum atomic E-state index is -1.60. The van der Waals surface area contributed by atoms with Crippen LogP contribution in [0.15, 0.2) is 44.3 Å². The highest BCUT2D eigenvalue weighted by molar-refractivity contribution is 6.08. The Kier molecular flexibility index (Phi) is 3.61. The van der Waals surface area contributed by atoms with Gasteiger partial charge in [-0.25, -0.2) is 14.4 Å². The van der Waals surface area contributed by atoms with E-state index >= 15 is 0 Å². The van der Waals surface area contributed by atoms with E-state index in [1.807, 2.05) is 4.98 Å². The standard InChI is InChI=1S/C16H10N2O7/c17-13-11(15(21)22)10(12(16(23)24)14(20)18-13)7-1-3-8-6(5-7)2-4-9(19)25-8/h1-5H,(H,21,22)(H,23,24)(H3,17,18,20). The Hall–Kier alpha value is -3.88. The number of anilines is 1. The molecule has 0 bridgehead atoms. The lowest BCUT2D eigenvalue weighted by atomic mass is 9.94. The molecule has 2 heterocycles. The summed E-state index contributed by atoms with van der Waals surface area (Å²) >= 11 is 0. The zero-order valence-corrected chi connectivity index (χ0v) is 12.4. The van der Waals surface area contributed by atoms with Crippen LogP contribution in [0.5, 0.6) is 0 Å². The number of fused-ring (bicyclic) bond motifs is 1. The molecule has 9 heteroatoms. The van der Waals surface area contributed by atoms with Gasteiger partial charge in [-0.1, -0.05) is 6.07 Å². The van der Waals surface area contributed by atoms with Crippen LogP contribution in [0, 0.1) is 0 Å². The van der Waals surface area contributed by atoms with E-state index in [0.29, 0.717) is 5.39 Å². The van der Waals surface area contributed by atoms with Crippen LogP contribution in [0.4, 0.5) is 5.82 Å². The van der Waals surface area contributed by atoms with E-state index in [4.69, 9.17) is 10.2 Å². The second-order valence-electron chi connectivity index (χ2n) is 5.11. The van der Waals surface area contributed by atoms with Crippen LogP contribution in [0.1, 0.15) is 20.7 Å². The number of aromatic nitrogens is 1. The first-order chi connectivity index (χ1) is 11.8. The number of rotatable bonds is 3. The van der Waals surface area contributed by atoms with Crippen molar-refractivity contribution in [1.82, 2.24) is 4.98 Å². The minimum Gasteiger partial charge on any atom is -0.478 e. The zero-order chi connectivity index (χ0) is 18.3. The predicted octanol–water partition coefficient (Wildman–Crippen LogP) is 1.13. The lowest BCUT2D eigenvalue weighted by molar-refractivity contribution is 0.0695. The molecule has 9 nitrogen and oxygen atoms in total. The minimum absolute atomic E-state index is 0.133. The topological polar surface area (TPSA) is 164 Å². The highest BCUT2D eigenvalue weighted by atomic mass is 16.4. The van der Waals surface area contributed by atoms with Gasteiger partial charge in [0.05, 0.1) is 0 Å². The van der Waals surface area contributed by atoms with Crippen molar-refractivity contribution in [3.63, 3.8) is 0 Å². The number of aromatic amines is 1. The number of aromatic carboxylic acids is 2. The molecule has 0 saturated carbocycles. The summed E-state index contributed by atoms with van der Waals surface area (Å²) in [7, 11) is 0. The first kappa shape index (κ1) is 16.0. The summed E-state index contributed by atoms with van der Waals surface area (Å²) in [6.07, 6.45) is 0. The summed E-state index contributed by atoms with van der Waals surface area (Å²) in [5, 5.41) is 19.2. The molecule has 1 aromatic carbocycles. The van der Waals surface area contributed by atoms with E-state index < -0.39 is 40.1 Å². The van der Waals surface area contributed by atoms with Crippen LogP contribution in [0.3, 0.4) is 0 Å². The Bertz CT molecular complexity index is 1160. The molecule has 5 N–H and O–H groups in total. The quantitative estimate of drug-likeness (QED) is 0.514. The highest BCUT2D eigenvalue weighted by Gasteiger charge is 2.26. The number of hydrogen-bond donors (Lipinski definition) is 4. The van der Waals surface area contributed by atoms with Crippen LogP contribution >= 0.6 is 0 Å². The predicted molar refractivity (Wildman–Crippen MR) is 86.9 cm³/mol. The Morgan fingerprint density at radius 3 is 2.32 bits per heavy atom. The van der Waals surface area contributed by atoms with Crippen molar-refractivity contribution in [3.8, 4) is 11.1 Å². The van der Waals surface area contributed by atoms with Gasteiger partial charge in [0, 0.05) is 17.0 Å². The van der Waals surface area contributed by atoms with Crippen molar-refractivity contribution < 1.29 is 24.2 Å². The molecule has 0 atom stereocenters. The van der Waals surface area contributed by atoms with Crippen LogP contribution in [-0.4, -0.2) is 27.1 Å². The molecule has 0 aliphatic heterocycles. The largest absolute Gasteiger partial charge is 0.478 e. The van der Waals surface area contributed by atoms with Gasteiger partial charge < -0.3 is 25.3 Å². The molecule has 0 radical (unpaired) electrons. The summed E-state index contributed by atoms with van der Waals surface area (Å²) in [5.74, 6) is -3.55. The second kappa shape index (κ2) is 5.64. The van der Waals surface area contributed by atoms with E-state index in [0.717, 1.165) is 6.07 Å². The van der Waals surface area contributed by atoms with Crippen molar-refractivity contribution in [1.29, 1.82) is 0 Å². The number of carboxylic acids is 2. The van der Waals surface area contributed by atoms with Crippen LogP contribution < -0.4 is 16.9 Å². The van der Waals surface area contributed by atoms with Gasteiger partial charge in [0.1, 0.15) is 22.5 Å².